The van der Waals surface area contributed by atoms with Gasteiger partial charge in [-0.05, 0) is 30.7 Å². The molecule has 0 saturated carbocycles. The molecule has 0 bridgehead atoms. The number of alkyl halides is 3. The predicted octanol–water partition coefficient (Wildman–Crippen LogP) is 3.45. The van der Waals surface area contributed by atoms with E-state index in [0.29, 0.717) is 17.8 Å². The number of nitrogens with zero attached hydrogens (tertiary/aromatic N) is 2. The number of hydrogen-bond donors (Lipinski definition) is 1. The molecule has 116 valence electrons. The Labute approximate surface area is 123 Å². The molecule has 0 heterocycles. The van der Waals surface area contributed by atoms with Crippen molar-refractivity contribution in [2.75, 3.05) is 25.0 Å². The molecule has 1 aromatic rings. The van der Waals surface area contributed by atoms with Crippen LogP contribution in [0.1, 0.15) is 30.9 Å². The number of benzene rings is 1. The van der Waals surface area contributed by atoms with Gasteiger partial charge in [0.2, 0.25) is 0 Å². The van der Waals surface area contributed by atoms with Crippen LogP contribution in [0.3, 0.4) is 0 Å². The fourth-order valence-corrected chi connectivity index (χ4v) is 1.94. The summed E-state index contributed by atoms with van der Waals surface area (Å²) in [5.74, 6) is 0. The molecule has 0 aromatic heterocycles. The van der Waals surface area contributed by atoms with E-state index in [-0.39, 0.29) is 6.54 Å². The summed E-state index contributed by atoms with van der Waals surface area (Å²) in [6, 6.07) is 7.32. The first-order valence-corrected chi connectivity index (χ1v) is 6.89. The summed E-state index contributed by atoms with van der Waals surface area (Å²) in [5.41, 5.74) is 1.88. The van der Waals surface area contributed by atoms with Gasteiger partial charge in [-0.15, -0.1) is 0 Å². The van der Waals surface area contributed by atoms with Crippen LogP contribution in [-0.2, 0) is 6.54 Å². The quantitative estimate of drug-likeness (QED) is 0.784. The lowest BCUT2D eigenvalue weighted by Crippen LogP contribution is -2.24. The lowest BCUT2D eigenvalue weighted by Gasteiger charge is -2.21. The SMILES string of the molecule is CCCNCc1ccc(N(C)CCC(F)(F)F)c(C#N)c1. The minimum absolute atomic E-state index is 0.161. The summed E-state index contributed by atoms with van der Waals surface area (Å²) in [4.78, 5) is 1.47. The van der Waals surface area contributed by atoms with E-state index in [9.17, 15) is 18.4 Å². The van der Waals surface area contributed by atoms with Crippen LogP contribution in [0, 0.1) is 11.3 Å². The second kappa shape index (κ2) is 7.89. The van der Waals surface area contributed by atoms with Crippen molar-refractivity contribution in [1.82, 2.24) is 5.32 Å². The van der Waals surface area contributed by atoms with Crippen molar-refractivity contribution >= 4 is 5.69 Å². The van der Waals surface area contributed by atoms with E-state index in [4.69, 9.17) is 0 Å². The molecule has 0 atom stereocenters. The topological polar surface area (TPSA) is 39.1 Å². The highest BCUT2D eigenvalue weighted by Gasteiger charge is 2.27. The van der Waals surface area contributed by atoms with E-state index in [1.54, 1.807) is 19.2 Å². The Morgan fingerprint density at radius 1 is 1.33 bits per heavy atom. The normalized spacial score (nSPS) is 11.2. The van der Waals surface area contributed by atoms with Gasteiger partial charge in [0.1, 0.15) is 6.07 Å². The monoisotopic (exact) mass is 299 g/mol. The standard InChI is InChI=1S/C15H20F3N3/c1-3-7-20-11-12-4-5-14(13(9-12)10-19)21(2)8-6-15(16,17)18/h4-5,9,20H,3,6-8,11H2,1-2H3. The summed E-state index contributed by atoms with van der Waals surface area (Å²) in [6.07, 6.45) is -4.07. The van der Waals surface area contributed by atoms with Crippen molar-refractivity contribution < 1.29 is 13.2 Å². The second-order valence-electron chi connectivity index (χ2n) is 4.93. The van der Waals surface area contributed by atoms with Crippen LogP contribution in [0.2, 0.25) is 0 Å². The Hall–Kier alpha value is -1.74. The molecule has 0 saturated heterocycles. The first kappa shape index (κ1) is 17.3. The molecule has 1 N–H and O–H groups in total. The third kappa shape index (κ3) is 6.05. The molecule has 3 nitrogen and oxygen atoms in total. The van der Waals surface area contributed by atoms with Gasteiger partial charge >= 0.3 is 6.18 Å². The molecule has 0 aliphatic heterocycles. The van der Waals surface area contributed by atoms with Crippen molar-refractivity contribution in [3.05, 3.63) is 29.3 Å². The lowest BCUT2D eigenvalue weighted by molar-refractivity contribution is -0.132. The fraction of sp³-hybridized carbons (Fsp3) is 0.533. The van der Waals surface area contributed by atoms with Gasteiger partial charge in [-0.1, -0.05) is 13.0 Å². The summed E-state index contributed by atoms with van der Waals surface area (Å²) < 4.78 is 36.8. The number of rotatable bonds is 7. The van der Waals surface area contributed by atoms with E-state index in [1.807, 2.05) is 6.07 Å². The molecule has 1 aromatic carbocycles. The van der Waals surface area contributed by atoms with Crippen LogP contribution in [0.5, 0.6) is 0 Å². The van der Waals surface area contributed by atoms with Crippen LogP contribution in [0.25, 0.3) is 0 Å². The first-order chi connectivity index (χ1) is 9.87. The van der Waals surface area contributed by atoms with Gasteiger partial charge in [-0.2, -0.15) is 18.4 Å². The molecule has 0 amide bonds. The predicted molar refractivity (Wildman–Crippen MR) is 77.1 cm³/mol. The van der Waals surface area contributed by atoms with Crippen LogP contribution in [-0.4, -0.2) is 26.3 Å². The maximum absolute atomic E-state index is 12.3. The Balaban J connectivity index is 2.76. The highest BCUT2D eigenvalue weighted by molar-refractivity contribution is 5.60. The highest BCUT2D eigenvalue weighted by atomic mass is 19.4. The molecule has 0 spiro atoms. The number of halogens is 3. The molecule has 0 radical (unpaired) electrons. The lowest BCUT2D eigenvalue weighted by atomic mass is 10.1. The van der Waals surface area contributed by atoms with Crippen LogP contribution < -0.4 is 10.2 Å². The average Bonchev–Trinajstić information content (AvgIpc) is 2.44. The van der Waals surface area contributed by atoms with Gasteiger partial charge in [-0.3, -0.25) is 0 Å². The molecule has 0 aliphatic carbocycles. The van der Waals surface area contributed by atoms with E-state index in [0.717, 1.165) is 18.5 Å². The van der Waals surface area contributed by atoms with Gasteiger partial charge in [0, 0.05) is 20.1 Å². The molecule has 1 rings (SSSR count). The maximum atomic E-state index is 12.3. The van der Waals surface area contributed by atoms with Crippen LogP contribution in [0.4, 0.5) is 18.9 Å². The van der Waals surface area contributed by atoms with Gasteiger partial charge in [0.15, 0.2) is 0 Å². The van der Waals surface area contributed by atoms with Crippen molar-refractivity contribution in [3.63, 3.8) is 0 Å². The Morgan fingerprint density at radius 2 is 2.05 bits per heavy atom. The molecule has 6 heteroatoms. The molecule has 0 fully saturated rings. The number of nitrogens with one attached hydrogen (secondary N) is 1. The molecule has 0 aliphatic rings. The highest BCUT2D eigenvalue weighted by Crippen LogP contribution is 2.24. The van der Waals surface area contributed by atoms with Crippen LogP contribution in [0.15, 0.2) is 18.2 Å². The summed E-state index contributed by atoms with van der Waals surface area (Å²) in [7, 11) is 1.57. The zero-order chi connectivity index (χ0) is 15.9. The maximum Gasteiger partial charge on any atom is 0.390 e. The summed E-state index contributed by atoms with van der Waals surface area (Å²) >= 11 is 0. The molecular weight excluding hydrogens is 279 g/mol. The van der Waals surface area contributed by atoms with Gasteiger partial charge in [0.05, 0.1) is 17.7 Å². The van der Waals surface area contributed by atoms with E-state index in [2.05, 4.69) is 18.3 Å². The second-order valence-corrected chi connectivity index (χ2v) is 4.93. The fourth-order valence-electron chi connectivity index (χ4n) is 1.94. The van der Waals surface area contributed by atoms with Gasteiger partial charge in [-0.25, -0.2) is 0 Å². The van der Waals surface area contributed by atoms with Gasteiger partial charge in [0.25, 0.3) is 0 Å². The Morgan fingerprint density at radius 3 is 2.62 bits per heavy atom. The minimum atomic E-state index is -4.19. The molecular formula is C15H20F3N3. The number of nitriles is 1. The van der Waals surface area contributed by atoms with Gasteiger partial charge < -0.3 is 10.2 Å². The first-order valence-electron chi connectivity index (χ1n) is 6.89. The van der Waals surface area contributed by atoms with Crippen molar-refractivity contribution in [1.29, 1.82) is 5.26 Å². The van der Waals surface area contributed by atoms with Crippen molar-refractivity contribution in [2.45, 2.75) is 32.5 Å². The van der Waals surface area contributed by atoms with E-state index in [1.165, 1.54) is 4.90 Å². The minimum Gasteiger partial charge on any atom is -0.373 e. The third-order valence-corrected chi connectivity index (χ3v) is 3.08. The summed E-state index contributed by atoms with van der Waals surface area (Å²) in [6.45, 7) is 3.43. The zero-order valence-corrected chi connectivity index (χ0v) is 12.3. The van der Waals surface area contributed by atoms with Crippen molar-refractivity contribution in [2.24, 2.45) is 0 Å². The smallest absolute Gasteiger partial charge is 0.373 e. The van der Waals surface area contributed by atoms with E-state index < -0.39 is 12.6 Å². The largest absolute Gasteiger partial charge is 0.390 e. The average molecular weight is 299 g/mol. The van der Waals surface area contributed by atoms with Crippen LogP contribution >= 0.6 is 0 Å². The third-order valence-electron chi connectivity index (χ3n) is 3.08. The number of hydrogen-bond acceptors (Lipinski definition) is 3. The summed E-state index contributed by atoms with van der Waals surface area (Å²) in [5, 5.41) is 12.4. The molecule has 0 unspecified atom stereocenters. The zero-order valence-electron chi connectivity index (χ0n) is 12.3. The Kier molecular flexibility index (Phi) is 6.50. The number of anilines is 1. The van der Waals surface area contributed by atoms with E-state index >= 15 is 0 Å². The molecule has 21 heavy (non-hydrogen) atoms. The van der Waals surface area contributed by atoms with Crippen molar-refractivity contribution in [3.8, 4) is 6.07 Å². The Bertz CT molecular complexity index is 492.